The molecule has 0 saturated carbocycles. The van der Waals surface area contributed by atoms with E-state index in [9.17, 15) is 14.4 Å². The number of anilines is 1. The molecule has 12 heteroatoms. The van der Waals surface area contributed by atoms with Gasteiger partial charge in [-0.05, 0) is 42.2 Å². The van der Waals surface area contributed by atoms with E-state index in [0.29, 0.717) is 47.3 Å². The second-order valence-corrected chi connectivity index (χ2v) is 10.3. The highest BCUT2D eigenvalue weighted by atomic mass is 35.5. The summed E-state index contributed by atoms with van der Waals surface area (Å²) >= 11 is 6.72. The normalized spacial score (nSPS) is 12.3. The Morgan fingerprint density at radius 3 is 2.66 bits per heavy atom. The van der Waals surface area contributed by atoms with Crippen molar-refractivity contribution in [2.75, 3.05) is 5.32 Å². The fourth-order valence-electron chi connectivity index (χ4n) is 5.14. The van der Waals surface area contributed by atoms with E-state index in [4.69, 9.17) is 26.4 Å². The van der Waals surface area contributed by atoms with Crippen molar-refractivity contribution in [2.45, 2.75) is 33.0 Å². The maximum atomic E-state index is 14.4. The van der Waals surface area contributed by atoms with Crippen LogP contribution in [0.25, 0.3) is 22.5 Å². The van der Waals surface area contributed by atoms with E-state index in [1.807, 2.05) is 30.9 Å². The number of fused-ring (bicyclic) bond motifs is 7. The van der Waals surface area contributed by atoms with Gasteiger partial charge in [-0.1, -0.05) is 35.9 Å². The van der Waals surface area contributed by atoms with Gasteiger partial charge in [0.1, 0.15) is 12.4 Å². The van der Waals surface area contributed by atoms with Crippen LogP contribution in [0.5, 0.6) is 5.75 Å². The third-order valence-electron chi connectivity index (χ3n) is 7.14. The lowest BCUT2D eigenvalue weighted by Gasteiger charge is -2.18. The minimum absolute atomic E-state index is 0.0899. The molecule has 1 aliphatic rings. The van der Waals surface area contributed by atoms with Gasteiger partial charge >= 0.3 is 7.12 Å². The van der Waals surface area contributed by atoms with Crippen molar-refractivity contribution >= 4 is 30.0 Å². The number of pyridine rings is 1. The summed E-state index contributed by atoms with van der Waals surface area (Å²) in [5, 5.41) is 31.8. The van der Waals surface area contributed by atoms with Crippen LogP contribution in [0.3, 0.4) is 0 Å². The smallest absolute Gasteiger partial charge is 0.485 e. The van der Waals surface area contributed by atoms with E-state index >= 15 is 0 Å². The van der Waals surface area contributed by atoms with Crippen molar-refractivity contribution in [1.29, 1.82) is 0 Å². The van der Waals surface area contributed by atoms with Gasteiger partial charge in [-0.15, -0.1) is 0 Å². The molecule has 9 nitrogen and oxygen atoms in total. The molecule has 1 aliphatic heterocycles. The van der Waals surface area contributed by atoms with E-state index in [0.717, 1.165) is 39.2 Å². The van der Waals surface area contributed by atoms with Crippen LogP contribution < -0.4 is 15.5 Å². The number of nitrogens with zero attached hydrogens (tertiary/aromatic N) is 5. The standard InChI is InChI=1S/C29H27BClFN6O3/c1-3-38-27-18-12-25(29(34-14-18)33-13-17-4-6-21(7-5-17)30(39)40)41-16-20-10-22(32)8-9-23(20)26-19(15-37(2)35-26)11-24(27)28(31)36-38/h4-10,12,14-15,39-40H,3,11,13,16H2,1-2H3,(H,33,34). The van der Waals surface area contributed by atoms with Crippen LogP contribution >= 0.6 is 11.6 Å². The minimum atomic E-state index is -1.53. The number of hydrogen-bond acceptors (Lipinski definition) is 7. The Morgan fingerprint density at radius 2 is 1.90 bits per heavy atom. The highest BCUT2D eigenvalue weighted by Crippen LogP contribution is 2.38. The van der Waals surface area contributed by atoms with E-state index in [-0.39, 0.29) is 12.4 Å². The van der Waals surface area contributed by atoms with Crippen LogP contribution in [0.4, 0.5) is 10.2 Å². The van der Waals surface area contributed by atoms with E-state index < -0.39 is 7.12 Å². The molecule has 2 bridgehead atoms. The molecule has 0 aliphatic carbocycles. The van der Waals surface area contributed by atoms with Crippen LogP contribution in [-0.2, 0) is 33.2 Å². The highest BCUT2D eigenvalue weighted by Gasteiger charge is 2.24. The van der Waals surface area contributed by atoms with Gasteiger partial charge in [-0.3, -0.25) is 9.36 Å². The van der Waals surface area contributed by atoms with Gasteiger partial charge in [-0.25, -0.2) is 9.37 Å². The van der Waals surface area contributed by atoms with Crippen molar-refractivity contribution in [1.82, 2.24) is 24.5 Å². The fourth-order valence-corrected chi connectivity index (χ4v) is 5.39. The Bertz CT molecular complexity index is 1740. The lowest BCUT2D eigenvalue weighted by molar-refractivity contribution is 0.306. The Hall–Kier alpha value is -4.19. The predicted molar refractivity (Wildman–Crippen MR) is 155 cm³/mol. The topological polar surface area (TPSA) is 110 Å². The SMILES string of the molecule is CCn1nc(Cl)c2c1-c1cnc(NCc3ccc(B(O)O)cc3)c(c1)OCc1cc(F)ccc1-c1nn(C)cc1C2. The average molecular weight is 573 g/mol. The first-order valence-corrected chi connectivity index (χ1v) is 13.6. The predicted octanol–water partition coefficient (Wildman–Crippen LogP) is 3.93. The van der Waals surface area contributed by atoms with E-state index in [1.54, 1.807) is 41.2 Å². The Labute approximate surface area is 241 Å². The molecule has 0 saturated heterocycles. The van der Waals surface area contributed by atoms with Crippen molar-refractivity contribution in [3.05, 3.63) is 94.1 Å². The number of nitrogens with one attached hydrogen (secondary N) is 1. The average Bonchev–Trinajstić information content (AvgIpc) is 3.49. The van der Waals surface area contributed by atoms with Gasteiger partial charge in [0, 0.05) is 66.8 Å². The third kappa shape index (κ3) is 5.31. The lowest BCUT2D eigenvalue weighted by atomic mass is 9.80. The summed E-state index contributed by atoms with van der Waals surface area (Å²) in [6, 6.07) is 13.4. The first-order valence-electron chi connectivity index (χ1n) is 13.2. The van der Waals surface area contributed by atoms with Crippen LogP contribution in [0.1, 0.15) is 29.2 Å². The molecular weight excluding hydrogens is 546 g/mol. The molecule has 0 radical (unpaired) electrons. The van der Waals surface area contributed by atoms with Gasteiger partial charge in [0.05, 0.1) is 11.4 Å². The van der Waals surface area contributed by atoms with Gasteiger partial charge in [0.15, 0.2) is 16.7 Å². The van der Waals surface area contributed by atoms with Crippen molar-refractivity contribution < 1.29 is 19.2 Å². The van der Waals surface area contributed by atoms with Gasteiger partial charge in [0.25, 0.3) is 0 Å². The monoisotopic (exact) mass is 572 g/mol. The summed E-state index contributed by atoms with van der Waals surface area (Å²) in [6.07, 6.45) is 4.18. The summed E-state index contributed by atoms with van der Waals surface area (Å²) in [4.78, 5) is 4.70. The zero-order chi connectivity index (χ0) is 28.7. The fraction of sp³-hybridized carbons (Fsp3) is 0.207. The van der Waals surface area contributed by atoms with Gasteiger partial charge in [-0.2, -0.15) is 10.2 Å². The molecule has 3 aromatic heterocycles. The summed E-state index contributed by atoms with van der Waals surface area (Å²) in [7, 11) is 0.329. The molecule has 0 atom stereocenters. The Kier molecular flexibility index (Phi) is 7.25. The van der Waals surface area contributed by atoms with Crippen LogP contribution in [-0.4, -0.2) is 41.7 Å². The largest absolute Gasteiger partial charge is 0.488 e. The number of ether oxygens (including phenoxy) is 1. The molecule has 0 unspecified atom stereocenters. The Balaban J connectivity index is 1.45. The minimum Gasteiger partial charge on any atom is -0.485 e. The third-order valence-corrected chi connectivity index (χ3v) is 7.45. The summed E-state index contributed by atoms with van der Waals surface area (Å²) < 4.78 is 24.4. The summed E-state index contributed by atoms with van der Waals surface area (Å²) in [5.74, 6) is 0.616. The van der Waals surface area contributed by atoms with E-state index in [2.05, 4.69) is 10.4 Å². The van der Waals surface area contributed by atoms with Gasteiger partial charge < -0.3 is 20.1 Å². The van der Waals surface area contributed by atoms with Crippen molar-refractivity contribution in [3.8, 4) is 28.3 Å². The van der Waals surface area contributed by atoms with Gasteiger partial charge in [0.2, 0.25) is 0 Å². The molecule has 0 spiro atoms. The molecule has 0 fully saturated rings. The van der Waals surface area contributed by atoms with Crippen molar-refractivity contribution in [2.24, 2.45) is 7.05 Å². The van der Waals surface area contributed by atoms with Crippen molar-refractivity contribution in [3.63, 3.8) is 0 Å². The number of aryl methyl sites for hydroxylation is 2. The van der Waals surface area contributed by atoms with Crippen LogP contribution in [0.2, 0.25) is 5.15 Å². The highest BCUT2D eigenvalue weighted by molar-refractivity contribution is 6.58. The van der Waals surface area contributed by atoms with E-state index in [1.165, 1.54) is 12.1 Å². The molecule has 2 aromatic carbocycles. The second-order valence-electron chi connectivity index (χ2n) is 9.92. The molecule has 5 aromatic rings. The number of rotatable bonds is 5. The molecule has 41 heavy (non-hydrogen) atoms. The molecule has 3 N–H and O–H groups in total. The summed E-state index contributed by atoms with van der Waals surface area (Å²) in [6.45, 7) is 3.11. The number of aromatic nitrogens is 5. The number of halogens is 2. The second kappa shape index (κ2) is 11.0. The Morgan fingerprint density at radius 1 is 1.10 bits per heavy atom. The number of benzene rings is 2. The molecular formula is C29H27BClFN6O3. The zero-order valence-electron chi connectivity index (χ0n) is 22.5. The zero-order valence-corrected chi connectivity index (χ0v) is 23.2. The lowest BCUT2D eigenvalue weighted by Crippen LogP contribution is -2.29. The maximum Gasteiger partial charge on any atom is 0.488 e. The summed E-state index contributed by atoms with van der Waals surface area (Å²) in [5.41, 5.74) is 6.87. The number of hydrogen-bond donors (Lipinski definition) is 3. The molecule has 0 amide bonds. The van der Waals surface area contributed by atoms with Crippen LogP contribution in [0.15, 0.2) is 60.9 Å². The molecule has 6 rings (SSSR count). The maximum absolute atomic E-state index is 14.4. The molecule has 208 valence electrons. The first-order chi connectivity index (χ1) is 19.8. The molecule has 4 heterocycles. The van der Waals surface area contributed by atoms with Crippen LogP contribution in [0, 0.1) is 5.82 Å². The quantitative estimate of drug-likeness (QED) is 0.274. The first kappa shape index (κ1) is 27.0.